The molecule has 7 heteroatoms. The van der Waals surface area contributed by atoms with Crippen LogP contribution in [-0.4, -0.2) is 34.8 Å². The number of nitrogens with one attached hydrogen (secondary N) is 1. The molecule has 2 aromatic rings. The van der Waals surface area contributed by atoms with Crippen molar-refractivity contribution in [1.82, 2.24) is 5.32 Å². The van der Waals surface area contributed by atoms with E-state index < -0.39 is 29.7 Å². The molecule has 1 aliphatic heterocycles. The number of rotatable bonds is 5. The molecule has 29 heavy (non-hydrogen) atoms. The van der Waals surface area contributed by atoms with Gasteiger partial charge < -0.3 is 10.4 Å². The fourth-order valence-corrected chi connectivity index (χ4v) is 3.30. The van der Waals surface area contributed by atoms with E-state index in [4.69, 9.17) is 0 Å². The summed E-state index contributed by atoms with van der Waals surface area (Å²) in [5.41, 5.74) is 2.67. The number of anilines is 1. The SMILES string of the molecule is Cc1ccc(C)c(N2C(=O)c3ccc(C(=O)N[C@H](C(=O)O)C(C)C)cc3C2=O)c1. The molecule has 1 atom stereocenters. The van der Waals surface area contributed by atoms with Crippen LogP contribution in [0.25, 0.3) is 0 Å². The Morgan fingerprint density at radius 2 is 1.62 bits per heavy atom. The van der Waals surface area contributed by atoms with E-state index >= 15 is 0 Å². The second-order valence-electron chi connectivity index (χ2n) is 7.53. The molecule has 0 saturated heterocycles. The standard InChI is InChI=1S/C22H22N2O5/c1-11(2)18(22(28)29)23-19(25)14-7-8-15-16(10-14)21(27)24(20(15)26)17-9-12(3)5-6-13(17)4/h5-11,18H,1-4H3,(H,23,25)(H,28,29)/t18-/m0/s1. The monoisotopic (exact) mass is 394 g/mol. The third-order valence-corrected chi connectivity index (χ3v) is 4.97. The van der Waals surface area contributed by atoms with Gasteiger partial charge in [0.2, 0.25) is 0 Å². The van der Waals surface area contributed by atoms with Crippen molar-refractivity contribution >= 4 is 29.4 Å². The number of aryl methyl sites for hydroxylation is 2. The second kappa shape index (κ2) is 7.50. The van der Waals surface area contributed by atoms with Gasteiger partial charge in [-0.1, -0.05) is 26.0 Å². The largest absolute Gasteiger partial charge is 0.480 e. The molecule has 0 unspecified atom stereocenters. The second-order valence-corrected chi connectivity index (χ2v) is 7.53. The molecule has 0 spiro atoms. The summed E-state index contributed by atoms with van der Waals surface area (Å²) in [7, 11) is 0. The van der Waals surface area contributed by atoms with Gasteiger partial charge in [0.25, 0.3) is 17.7 Å². The number of carboxylic acid groups (broad SMARTS) is 1. The van der Waals surface area contributed by atoms with Gasteiger partial charge in [0.15, 0.2) is 0 Å². The average molecular weight is 394 g/mol. The lowest BCUT2D eigenvalue weighted by Crippen LogP contribution is -2.44. The molecule has 0 saturated carbocycles. The van der Waals surface area contributed by atoms with Crippen LogP contribution < -0.4 is 10.2 Å². The van der Waals surface area contributed by atoms with Crippen LogP contribution in [0.1, 0.15) is 56.0 Å². The molecule has 3 rings (SSSR count). The summed E-state index contributed by atoms with van der Waals surface area (Å²) in [5, 5.41) is 11.7. The highest BCUT2D eigenvalue weighted by atomic mass is 16.4. The van der Waals surface area contributed by atoms with Crippen LogP contribution in [0.15, 0.2) is 36.4 Å². The predicted molar refractivity (Wildman–Crippen MR) is 107 cm³/mol. The number of carboxylic acids is 1. The van der Waals surface area contributed by atoms with Crippen molar-refractivity contribution in [3.63, 3.8) is 0 Å². The van der Waals surface area contributed by atoms with Gasteiger partial charge in [-0.05, 0) is 55.2 Å². The summed E-state index contributed by atoms with van der Waals surface area (Å²) in [6.07, 6.45) is 0. The van der Waals surface area contributed by atoms with E-state index in [-0.39, 0.29) is 22.6 Å². The molecule has 3 amide bonds. The first-order chi connectivity index (χ1) is 13.6. The highest BCUT2D eigenvalue weighted by Gasteiger charge is 2.38. The number of hydrogen-bond donors (Lipinski definition) is 2. The van der Waals surface area contributed by atoms with Gasteiger partial charge in [-0.15, -0.1) is 0 Å². The molecule has 7 nitrogen and oxygen atoms in total. The molecule has 0 bridgehead atoms. The zero-order valence-corrected chi connectivity index (χ0v) is 16.6. The van der Waals surface area contributed by atoms with Crippen molar-refractivity contribution in [3.8, 4) is 0 Å². The zero-order valence-electron chi connectivity index (χ0n) is 16.6. The molecular weight excluding hydrogens is 372 g/mol. The first kappa shape index (κ1) is 20.3. The van der Waals surface area contributed by atoms with E-state index in [2.05, 4.69) is 5.32 Å². The predicted octanol–water partition coefficient (Wildman–Crippen LogP) is 2.94. The van der Waals surface area contributed by atoms with E-state index in [1.165, 1.54) is 18.2 Å². The summed E-state index contributed by atoms with van der Waals surface area (Å²) >= 11 is 0. The third-order valence-electron chi connectivity index (χ3n) is 4.97. The van der Waals surface area contributed by atoms with Crippen molar-refractivity contribution in [2.45, 2.75) is 33.7 Å². The maximum absolute atomic E-state index is 13.0. The van der Waals surface area contributed by atoms with Crippen molar-refractivity contribution in [2.24, 2.45) is 5.92 Å². The Labute approximate surface area is 168 Å². The van der Waals surface area contributed by atoms with Crippen LogP contribution >= 0.6 is 0 Å². The maximum atomic E-state index is 13.0. The minimum Gasteiger partial charge on any atom is -0.480 e. The Morgan fingerprint density at radius 3 is 2.24 bits per heavy atom. The first-order valence-electron chi connectivity index (χ1n) is 9.25. The zero-order chi connectivity index (χ0) is 21.5. The fraction of sp³-hybridized carbons (Fsp3) is 0.273. The van der Waals surface area contributed by atoms with Gasteiger partial charge in [0, 0.05) is 5.56 Å². The van der Waals surface area contributed by atoms with Gasteiger partial charge in [-0.25, -0.2) is 9.69 Å². The van der Waals surface area contributed by atoms with E-state index in [0.717, 1.165) is 16.0 Å². The van der Waals surface area contributed by atoms with Gasteiger partial charge >= 0.3 is 5.97 Å². The van der Waals surface area contributed by atoms with Crippen LogP contribution in [0, 0.1) is 19.8 Å². The molecule has 0 radical (unpaired) electrons. The Balaban J connectivity index is 1.94. The number of hydrogen-bond acceptors (Lipinski definition) is 4. The summed E-state index contributed by atoms with van der Waals surface area (Å²) in [6, 6.07) is 8.64. The third kappa shape index (κ3) is 3.63. The lowest BCUT2D eigenvalue weighted by Gasteiger charge is -2.18. The molecular formula is C22H22N2O5. The number of nitrogens with zero attached hydrogens (tertiary/aromatic N) is 1. The number of carbonyl (C=O) groups is 4. The lowest BCUT2D eigenvalue weighted by atomic mass is 10.0. The number of imide groups is 1. The van der Waals surface area contributed by atoms with E-state index in [1.807, 2.05) is 26.0 Å². The number of aliphatic carboxylic acids is 1. The van der Waals surface area contributed by atoms with Crippen molar-refractivity contribution < 1.29 is 24.3 Å². The van der Waals surface area contributed by atoms with Crippen LogP contribution in [0.4, 0.5) is 5.69 Å². The van der Waals surface area contributed by atoms with Gasteiger partial charge in [-0.3, -0.25) is 14.4 Å². The van der Waals surface area contributed by atoms with E-state index in [1.54, 1.807) is 19.9 Å². The molecule has 0 aromatic heterocycles. The smallest absolute Gasteiger partial charge is 0.326 e. The normalized spacial score (nSPS) is 14.2. The fourth-order valence-electron chi connectivity index (χ4n) is 3.30. The summed E-state index contributed by atoms with van der Waals surface area (Å²) in [5.74, 6) is -3.02. The van der Waals surface area contributed by atoms with E-state index in [9.17, 15) is 24.3 Å². The highest BCUT2D eigenvalue weighted by Crippen LogP contribution is 2.31. The molecule has 1 heterocycles. The van der Waals surface area contributed by atoms with Crippen LogP contribution in [0.5, 0.6) is 0 Å². The van der Waals surface area contributed by atoms with Crippen molar-refractivity contribution in [3.05, 3.63) is 64.2 Å². The Hall–Kier alpha value is -3.48. The van der Waals surface area contributed by atoms with Crippen molar-refractivity contribution in [2.75, 3.05) is 4.90 Å². The molecule has 2 aromatic carbocycles. The quantitative estimate of drug-likeness (QED) is 0.759. The number of carbonyl (C=O) groups excluding carboxylic acids is 3. The number of amides is 3. The minimum atomic E-state index is -1.14. The summed E-state index contributed by atoms with van der Waals surface area (Å²) in [4.78, 5) is 50.8. The lowest BCUT2D eigenvalue weighted by molar-refractivity contribution is -0.140. The molecule has 1 aliphatic rings. The highest BCUT2D eigenvalue weighted by molar-refractivity contribution is 6.35. The van der Waals surface area contributed by atoms with Crippen LogP contribution in [-0.2, 0) is 4.79 Å². The molecule has 2 N–H and O–H groups in total. The maximum Gasteiger partial charge on any atom is 0.326 e. The van der Waals surface area contributed by atoms with Crippen molar-refractivity contribution in [1.29, 1.82) is 0 Å². The molecule has 0 aliphatic carbocycles. The topological polar surface area (TPSA) is 104 Å². The summed E-state index contributed by atoms with van der Waals surface area (Å²) in [6.45, 7) is 7.06. The molecule has 150 valence electrons. The first-order valence-corrected chi connectivity index (χ1v) is 9.25. The average Bonchev–Trinajstić information content (AvgIpc) is 2.91. The Morgan fingerprint density at radius 1 is 0.966 bits per heavy atom. The van der Waals surface area contributed by atoms with Gasteiger partial charge in [0.1, 0.15) is 6.04 Å². The van der Waals surface area contributed by atoms with E-state index in [0.29, 0.717) is 5.69 Å². The van der Waals surface area contributed by atoms with Gasteiger partial charge in [0.05, 0.1) is 16.8 Å². The minimum absolute atomic E-state index is 0.125. The summed E-state index contributed by atoms with van der Waals surface area (Å²) < 4.78 is 0. The number of benzene rings is 2. The Bertz CT molecular complexity index is 1040. The Kier molecular flexibility index (Phi) is 5.24. The van der Waals surface area contributed by atoms with Gasteiger partial charge in [-0.2, -0.15) is 0 Å². The van der Waals surface area contributed by atoms with Crippen LogP contribution in [0.2, 0.25) is 0 Å². The van der Waals surface area contributed by atoms with Crippen LogP contribution in [0.3, 0.4) is 0 Å². The molecule has 0 fully saturated rings. The number of fused-ring (bicyclic) bond motifs is 1.